The maximum atomic E-state index is 13.2. The topological polar surface area (TPSA) is 95.9 Å². The molecule has 3 N–H and O–H groups in total. The van der Waals surface area contributed by atoms with E-state index in [0.29, 0.717) is 19.3 Å². The van der Waals surface area contributed by atoms with Crippen molar-refractivity contribution in [2.45, 2.75) is 302 Å². The summed E-state index contributed by atoms with van der Waals surface area (Å²) in [4.78, 5) is 26.2. The van der Waals surface area contributed by atoms with Crippen molar-refractivity contribution >= 4 is 11.9 Å². The predicted molar refractivity (Wildman–Crippen MR) is 278 cm³/mol. The maximum absolute atomic E-state index is 13.2. The third kappa shape index (κ3) is 46.4. The lowest BCUT2D eigenvalue weighted by Crippen LogP contribution is -2.46. The number of aliphatic hydroxyl groups is 2. The van der Waals surface area contributed by atoms with Crippen LogP contribution in [-0.4, -0.2) is 46.9 Å². The summed E-state index contributed by atoms with van der Waals surface area (Å²) in [6, 6.07) is -0.714. The lowest BCUT2D eigenvalue weighted by atomic mass is 10.0. The number of nitrogens with one attached hydrogen (secondary N) is 1. The van der Waals surface area contributed by atoms with Gasteiger partial charge in [-0.3, -0.25) is 9.59 Å². The number of carbonyl (C=O) groups is 2. The van der Waals surface area contributed by atoms with Crippen LogP contribution in [0.1, 0.15) is 284 Å². The molecule has 0 aromatic heterocycles. The van der Waals surface area contributed by atoms with Gasteiger partial charge in [0.05, 0.1) is 25.2 Å². The van der Waals surface area contributed by atoms with Crippen LogP contribution in [0.5, 0.6) is 0 Å². The first-order valence-corrected chi connectivity index (χ1v) is 27.9. The van der Waals surface area contributed by atoms with Gasteiger partial charge in [-0.25, -0.2) is 0 Å². The molecule has 0 aliphatic heterocycles. The Labute approximate surface area is 397 Å². The van der Waals surface area contributed by atoms with Crippen LogP contribution in [0.4, 0.5) is 0 Å². The number of ether oxygens (including phenoxy) is 1. The molecule has 3 unspecified atom stereocenters. The van der Waals surface area contributed by atoms with E-state index < -0.39 is 18.2 Å². The molecule has 0 aliphatic rings. The fourth-order valence-corrected chi connectivity index (χ4v) is 8.50. The summed E-state index contributed by atoms with van der Waals surface area (Å²) < 4.78 is 5.93. The zero-order valence-electron chi connectivity index (χ0n) is 42.7. The van der Waals surface area contributed by atoms with Crippen LogP contribution in [0.2, 0.25) is 0 Å². The van der Waals surface area contributed by atoms with E-state index >= 15 is 0 Å². The van der Waals surface area contributed by atoms with Crippen molar-refractivity contribution < 1.29 is 24.5 Å². The van der Waals surface area contributed by atoms with Crippen molar-refractivity contribution in [3.63, 3.8) is 0 Å². The molecule has 0 saturated heterocycles. The summed E-state index contributed by atoms with van der Waals surface area (Å²) in [5.74, 6) is -0.501. The molecule has 0 heterocycles. The van der Waals surface area contributed by atoms with Crippen LogP contribution >= 0.6 is 0 Å². The van der Waals surface area contributed by atoms with Gasteiger partial charge in [-0.05, 0) is 51.4 Å². The van der Waals surface area contributed by atoms with Gasteiger partial charge in [0.1, 0.15) is 6.10 Å². The maximum Gasteiger partial charge on any atom is 0.306 e. The fourth-order valence-electron chi connectivity index (χ4n) is 8.50. The Kier molecular flexibility index (Phi) is 50.0. The molecule has 0 aromatic carbocycles. The Hall–Kier alpha value is -2.18. The molecule has 1 amide bonds. The van der Waals surface area contributed by atoms with Crippen LogP contribution < -0.4 is 5.32 Å². The Morgan fingerprint density at radius 3 is 1.23 bits per heavy atom. The monoisotopic (exact) mass is 898 g/mol. The second-order valence-corrected chi connectivity index (χ2v) is 19.1. The first-order chi connectivity index (χ1) is 31.5. The standard InChI is InChI=1S/C58H107NO5/c1-4-7-10-13-16-19-22-25-27-29-32-34-37-40-43-46-49-54(64-58(63)51-48-45-42-39-36-31-24-21-18-15-12-9-6-3)52-57(62)59-55(53-60)56(61)50-47-44-41-38-35-33-30-28-26-23-20-17-14-11-8-5-2/h16,19,22,25,27,29,32,34,54-56,60-61H,4-15,17-18,20-21,23-24,26,28,30-31,33,35-53H2,1-3H3,(H,59,62)/b19-16+,25-22+,29-27+,34-32+. The zero-order valence-corrected chi connectivity index (χ0v) is 42.7. The number of unbranched alkanes of at least 4 members (excludes halogenated alkanes) is 33. The highest BCUT2D eigenvalue weighted by molar-refractivity contribution is 5.77. The second-order valence-electron chi connectivity index (χ2n) is 19.1. The first kappa shape index (κ1) is 61.8. The van der Waals surface area contributed by atoms with Crippen molar-refractivity contribution in [1.82, 2.24) is 5.32 Å². The van der Waals surface area contributed by atoms with E-state index in [2.05, 4.69) is 74.7 Å². The van der Waals surface area contributed by atoms with E-state index in [0.717, 1.165) is 70.6 Å². The molecule has 3 atom stereocenters. The van der Waals surface area contributed by atoms with E-state index in [4.69, 9.17) is 4.74 Å². The number of carbonyl (C=O) groups excluding carboxylic acids is 2. The van der Waals surface area contributed by atoms with Gasteiger partial charge >= 0.3 is 5.97 Å². The van der Waals surface area contributed by atoms with Gasteiger partial charge < -0.3 is 20.3 Å². The van der Waals surface area contributed by atoms with E-state index in [9.17, 15) is 19.8 Å². The Morgan fingerprint density at radius 2 is 0.797 bits per heavy atom. The highest BCUT2D eigenvalue weighted by Crippen LogP contribution is 2.18. The number of rotatable bonds is 50. The minimum absolute atomic E-state index is 0.0543. The fraction of sp³-hybridized carbons (Fsp3) is 0.828. The predicted octanol–water partition coefficient (Wildman–Crippen LogP) is 17.0. The third-order valence-electron chi connectivity index (χ3n) is 12.8. The SMILES string of the molecule is CCCCC/C=C/C=C/C=C/C=C/CCCCCC(CC(=O)NC(CO)C(O)CCCCCCCCCCCCCCCCCC)OC(=O)CCCCCCCCCCCCCCC. The molecule has 6 nitrogen and oxygen atoms in total. The third-order valence-corrected chi connectivity index (χ3v) is 12.8. The molecule has 0 aromatic rings. The summed E-state index contributed by atoms with van der Waals surface area (Å²) in [5.41, 5.74) is 0. The van der Waals surface area contributed by atoms with Crippen LogP contribution in [0.15, 0.2) is 48.6 Å². The highest BCUT2D eigenvalue weighted by atomic mass is 16.5. The molecule has 374 valence electrons. The minimum atomic E-state index is -0.798. The molecule has 0 spiro atoms. The van der Waals surface area contributed by atoms with Crippen LogP contribution in [-0.2, 0) is 14.3 Å². The van der Waals surface area contributed by atoms with Crippen LogP contribution in [0, 0.1) is 0 Å². The molecular weight excluding hydrogens is 791 g/mol. The molecule has 0 bridgehead atoms. The van der Waals surface area contributed by atoms with Crippen molar-refractivity contribution in [3.8, 4) is 0 Å². The first-order valence-electron chi connectivity index (χ1n) is 27.9. The van der Waals surface area contributed by atoms with Crippen LogP contribution in [0.25, 0.3) is 0 Å². The summed E-state index contributed by atoms with van der Waals surface area (Å²) in [7, 11) is 0. The second kappa shape index (κ2) is 51.8. The van der Waals surface area contributed by atoms with Gasteiger partial charge in [-0.15, -0.1) is 0 Å². The Bertz CT molecular complexity index is 1100. The summed E-state index contributed by atoms with van der Waals surface area (Å²) in [5, 5.41) is 23.8. The summed E-state index contributed by atoms with van der Waals surface area (Å²) in [6.45, 7) is 6.46. The van der Waals surface area contributed by atoms with Gasteiger partial charge in [-0.1, -0.05) is 268 Å². The Balaban J connectivity index is 4.61. The molecular formula is C58H107NO5. The number of aliphatic hydroxyl groups excluding tert-OH is 2. The highest BCUT2D eigenvalue weighted by Gasteiger charge is 2.24. The molecule has 0 aliphatic carbocycles. The van der Waals surface area contributed by atoms with Crippen molar-refractivity contribution in [3.05, 3.63) is 48.6 Å². The van der Waals surface area contributed by atoms with E-state index in [1.807, 2.05) is 0 Å². The molecule has 0 saturated carbocycles. The summed E-state index contributed by atoms with van der Waals surface area (Å²) in [6.07, 6.45) is 63.1. The number of amides is 1. The average Bonchev–Trinajstić information content (AvgIpc) is 3.29. The molecule has 6 heteroatoms. The van der Waals surface area contributed by atoms with Crippen LogP contribution in [0.3, 0.4) is 0 Å². The molecule has 0 fully saturated rings. The normalized spacial score (nSPS) is 13.5. The molecule has 0 rings (SSSR count). The quantitative estimate of drug-likeness (QED) is 0.0321. The van der Waals surface area contributed by atoms with Gasteiger partial charge in [0.25, 0.3) is 0 Å². The number of esters is 1. The largest absolute Gasteiger partial charge is 0.462 e. The van der Waals surface area contributed by atoms with E-state index in [1.54, 1.807) is 0 Å². The van der Waals surface area contributed by atoms with Crippen molar-refractivity contribution in [2.75, 3.05) is 6.61 Å². The van der Waals surface area contributed by atoms with Gasteiger partial charge in [0, 0.05) is 6.42 Å². The molecule has 64 heavy (non-hydrogen) atoms. The number of hydrogen-bond donors (Lipinski definition) is 3. The average molecular weight is 898 g/mol. The van der Waals surface area contributed by atoms with Gasteiger partial charge in [-0.2, -0.15) is 0 Å². The van der Waals surface area contributed by atoms with E-state index in [1.165, 1.54) is 167 Å². The minimum Gasteiger partial charge on any atom is -0.462 e. The lowest BCUT2D eigenvalue weighted by molar-refractivity contribution is -0.151. The van der Waals surface area contributed by atoms with Crippen molar-refractivity contribution in [2.24, 2.45) is 0 Å². The smallest absolute Gasteiger partial charge is 0.306 e. The lowest BCUT2D eigenvalue weighted by Gasteiger charge is -2.24. The van der Waals surface area contributed by atoms with Crippen molar-refractivity contribution in [1.29, 1.82) is 0 Å². The zero-order chi connectivity index (χ0) is 46.7. The number of allylic oxidation sites excluding steroid dienone is 8. The van der Waals surface area contributed by atoms with Gasteiger partial charge in [0.15, 0.2) is 0 Å². The van der Waals surface area contributed by atoms with Gasteiger partial charge in [0.2, 0.25) is 5.91 Å². The molecule has 0 radical (unpaired) electrons. The Morgan fingerprint density at radius 1 is 0.453 bits per heavy atom. The summed E-state index contributed by atoms with van der Waals surface area (Å²) >= 11 is 0. The number of hydrogen-bond acceptors (Lipinski definition) is 5. The van der Waals surface area contributed by atoms with E-state index in [-0.39, 0.29) is 24.9 Å².